The largest absolute Gasteiger partial charge is 0.491 e. The third-order valence-corrected chi connectivity index (χ3v) is 2.76. The summed E-state index contributed by atoms with van der Waals surface area (Å²) in [6.45, 7) is 0.150. The van der Waals surface area contributed by atoms with Crippen LogP contribution in [0.15, 0.2) is 18.6 Å². The predicted molar refractivity (Wildman–Crippen MR) is 64.8 cm³/mol. The van der Waals surface area contributed by atoms with Gasteiger partial charge in [-0.25, -0.2) is 4.68 Å². The summed E-state index contributed by atoms with van der Waals surface area (Å²) in [5.41, 5.74) is 0.312. The van der Waals surface area contributed by atoms with Crippen LogP contribution < -0.4 is 5.32 Å². The van der Waals surface area contributed by atoms with Gasteiger partial charge in [-0.2, -0.15) is 9.78 Å². The molecular formula is C10H11N7O3. The first kappa shape index (κ1) is 12.3. The van der Waals surface area contributed by atoms with Crippen molar-refractivity contribution in [3.63, 3.8) is 0 Å². The number of carbonyl (C=O) groups excluding carboxylic acids is 1. The second-order valence-corrected chi connectivity index (χ2v) is 4.47. The molecule has 0 bridgehead atoms. The van der Waals surface area contributed by atoms with Gasteiger partial charge in [-0.15, -0.1) is 0 Å². The molecule has 1 saturated carbocycles. The van der Waals surface area contributed by atoms with Crippen molar-refractivity contribution >= 4 is 11.9 Å². The standard InChI is InChI=1S/C10H11N7O3/c18-9(12-7-1-2-7)8-3-4-15(13-8)6-16-5-11-10(14-16)17(19)20/h3-5,7H,1-2,6H2,(H,12,18). The highest BCUT2D eigenvalue weighted by molar-refractivity contribution is 5.92. The maximum Gasteiger partial charge on any atom is 0.491 e. The molecule has 2 aromatic rings. The minimum atomic E-state index is -0.673. The molecule has 3 rings (SSSR count). The highest BCUT2D eigenvalue weighted by Crippen LogP contribution is 2.19. The van der Waals surface area contributed by atoms with E-state index in [9.17, 15) is 14.9 Å². The van der Waals surface area contributed by atoms with Gasteiger partial charge in [-0.05, 0) is 23.8 Å². The Morgan fingerprint density at radius 3 is 2.90 bits per heavy atom. The summed E-state index contributed by atoms with van der Waals surface area (Å²) in [6.07, 6.45) is 4.86. The molecule has 0 aromatic carbocycles. The molecular weight excluding hydrogens is 266 g/mol. The molecule has 10 nitrogen and oxygen atoms in total. The molecule has 0 spiro atoms. The van der Waals surface area contributed by atoms with E-state index in [2.05, 4.69) is 20.5 Å². The van der Waals surface area contributed by atoms with Gasteiger partial charge >= 0.3 is 5.95 Å². The van der Waals surface area contributed by atoms with Gasteiger partial charge in [0.15, 0.2) is 6.67 Å². The Balaban J connectivity index is 1.66. The topological polar surface area (TPSA) is 121 Å². The Bertz CT molecular complexity index is 657. The van der Waals surface area contributed by atoms with E-state index < -0.39 is 10.9 Å². The van der Waals surface area contributed by atoms with Crippen molar-refractivity contribution in [2.24, 2.45) is 0 Å². The van der Waals surface area contributed by atoms with Crippen LogP contribution in [0.5, 0.6) is 0 Å². The normalized spacial score (nSPS) is 14.2. The van der Waals surface area contributed by atoms with E-state index in [0.717, 1.165) is 12.8 Å². The SMILES string of the molecule is O=C(NC1CC1)c1ccn(Cn2cnc([N+](=O)[O-])n2)n1. The lowest BCUT2D eigenvalue weighted by molar-refractivity contribution is -0.394. The van der Waals surface area contributed by atoms with Crippen LogP contribution in [-0.4, -0.2) is 41.4 Å². The minimum absolute atomic E-state index is 0.150. The quantitative estimate of drug-likeness (QED) is 0.595. The first-order valence-electron chi connectivity index (χ1n) is 6.00. The lowest BCUT2D eigenvalue weighted by atomic mass is 10.4. The van der Waals surface area contributed by atoms with Gasteiger partial charge in [-0.1, -0.05) is 4.98 Å². The summed E-state index contributed by atoms with van der Waals surface area (Å²) in [7, 11) is 0. The lowest BCUT2D eigenvalue weighted by Gasteiger charge is -1.99. The second kappa shape index (κ2) is 4.72. The molecule has 104 valence electrons. The van der Waals surface area contributed by atoms with Crippen molar-refractivity contribution in [3.05, 3.63) is 34.4 Å². The number of rotatable bonds is 5. The minimum Gasteiger partial charge on any atom is -0.390 e. The van der Waals surface area contributed by atoms with Gasteiger partial charge in [0.05, 0.1) is 0 Å². The molecule has 0 unspecified atom stereocenters. The van der Waals surface area contributed by atoms with Gasteiger partial charge in [0.1, 0.15) is 5.69 Å². The van der Waals surface area contributed by atoms with E-state index in [4.69, 9.17) is 0 Å². The van der Waals surface area contributed by atoms with E-state index in [-0.39, 0.29) is 18.6 Å². The predicted octanol–water partition coefficient (Wildman–Crippen LogP) is -0.219. The zero-order valence-electron chi connectivity index (χ0n) is 10.3. The molecule has 10 heteroatoms. The fourth-order valence-corrected chi connectivity index (χ4v) is 1.63. The summed E-state index contributed by atoms with van der Waals surface area (Å²) in [5.74, 6) is -0.681. The summed E-state index contributed by atoms with van der Waals surface area (Å²) >= 11 is 0. The van der Waals surface area contributed by atoms with Crippen LogP contribution in [0, 0.1) is 10.1 Å². The maximum absolute atomic E-state index is 11.7. The number of hydrogen-bond donors (Lipinski definition) is 1. The van der Waals surface area contributed by atoms with Gasteiger partial charge < -0.3 is 15.4 Å². The lowest BCUT2D eigenvalue weighted by Crippen LogP contribution is -2.26. The number of hydrogen-bond acceptors (Lipinski definition) is 6. The van der Waals surface area contributed by atoms with E-state index in [1.54, 1.807) is 12.3 Å². The van der Waals surface area contributed by atoms with Crippen LogP contribution in [0.4, 0.5) is 5.95 Å². The van der Waals surface area contributed by atoms with Gasteiger partial charge in [0.2, 0.25) is 6.33 Å². The van der Waals surface area contributed by atoms with Gasteiger partial charge in [-0.3, -0.25) is 4.79 Å². The molecule has 2 heterocycles. The van der Waals surface area contributed by atoms with Crippen molar-refractivity contribution in [1.29, 1.82) is 0 Å². The van der Waals surface area contributed by atoms with E-state index in [0.29, 0.717) is 5.69 Å². The number of nitrogens with zero attached hydrogens (tertiary/aromatic N) is 6. The molecule has 1 fully saturated rings. The number of amides is 1. The smallest absolute Gasteiger partial charge is 0.390 e. The van der Waals surface area contributed by atoms with Crippen LogP contribution in [0.2, 0.25) is 0 Å². The molecule has 0 aliphatic heterocycles. The zero-order chi connectivity index (χ0) is 14.1. The molecule has 20 heavy (non-hydrogen) atoms. The Morgan fingerprint density at radius 2 is 2.25 bits per heavy atom. The van der Waals surface area contributed by atoms with Gasteiger partial charge in [0, 0.05) is 17.3 Å². The van der Waals surface area contributed by atoms with Crippen LogP contribution in [-0.2, 0) is 6.67 Å². The second-order valence-electron chi connectivity index (χ2n) is 4.47. The maximum atomic E-state index is 11.7. The van der Waals surface area contributed by atoms with Crippen LogP contribution in [0.25, 0.3) is 0 Å². The van der Waals surface area contributed by atoms with Crippen molar-refractivity contribution < 1.29 is 9.72 Å². The summed E-state index contributed by atoms with van der Waals surface area (Å²) in [5, 5.41) is 21.0. The van der Waals surface area contributed by atoms with Crippen molar-refractivity contribution in [2.75, 3.05) is 0 Å². The number of aromatic nitrogens is 5. The number of carbonyl (C=O) groups is 1. The summed E-state index contributed by atoms with van der Waals surface area (Å²) in [4.78, 5) is 25.1. The van der Waals surface area contributed by atoms with Crippen LogP contribution in [0.3, 0.4) is 0 Å². The third-order valence-electron chi connectivity index (χ3n) is 2.76. The zero-order valence-corrected chi connectivity index (χ0v) is 10.3. The fourth-order valence-electron chi connectivity index (χ4n) is 1.63. The summed E-state index contributed by atoms with van der Waals surface area (Å²) in [6, 6.07) is 1.86. The average molecular weight is 277 g/mol. The first-order valence-corrected chi connectivity index (χ1v) is 6.00. The molecule has 1 aliphatic carbocycles. The molecule has 1 N–H and O–H groups in total. The average Bonchev–Trinajstić information content (AvgIpc) is 2.93. The first-order chi connectivity index (χ1) is 9.61. The van der Waals surface area contributed by atoms with E-state index in [1.165, 1.54) is 15.7 Å². The Hall–Kier alpha value is -2.78. The molecule has 0 saturated heterocycles. The van der Waals surface area contributed by atoms with E-state index >= 15 is 0 Å². The Morgan fingerprint density at radius 1 is 1.45 bits per heavy atom. The Kier molecular flexibility index (Phi) is 2.89. The third kappa shape index (κ3) is 2.63. The summed E-state index contributed by atoms with van der Waals surface area (Å²) < 4.78 is 2.73. The van der Waals surface area contributed by atoms with Crippen LogP contribution >= 0.6 is 0 Å². The van der Waals surface area contributed by atoms with Crippen molar-refractivity contribution in [2.45, 2.75) is 25.6 Å². The highest BCUT2D eigenvalue weighted by Gasteiger charge is 2.24. The fraction of sp³-hybridized carbons (Fsp3) is 0.400. The van der Waals surface area contributed by atoms with Crippen LogP contribution in [0.1, 0.15) is 23.3 Å². The van der Waals surface area contributed by atoms with Crippen molar-refractivity contribution in [1.82, 2.24) is 29.9 Å². The number of nitro groups is 1. The molecule has 0 radical (unpaired) electrons. The molecule has 2 aromatic heterocycles. The molecule has 1 aliphatic rings. The highest BCUT2D eigenvalue weighted by atomic mass is 16.6. The number of nitrogens with one attached hydrogen (secondary N) is 1. The molecule has 0 atom stereocenters. The Labute approximate surface area is 112 Å². The molecule has 1 amide bonds. The monoisotopic (exact) mass is 277 g/mol. The van der Waals surface area contributed by atoms with E-state index in [1.807, 2.05) is 0 Å². The van der Waals surface area contributed by atoms with Crippen molar-refractivity contribution in [3.8, 4) is 0 Å². The van der Waals surface area contributed by atoms with Gasteiger partial charge in [0.25, 0.3) is 5.91 Å².